The molecule has 0 saturated heterocycles. The summed E-state index contributed by atoms with van der Waals surface area (Å²) in [5.74, 6) is 0.0203. The third kappa shape index (κ3) is 3.50. The van der Waals surface area contributed by atoms with Crippen LogP contribution in [0.5, 0.6) is 0 Å². The zero-order valence-electron chi connectivity index (χ0n) is 12.3. The highest BCUT2D eigenvalue weighted by molar-refractivity contribution is 7.90. The Bertz CT molecular complexity index is 836. The van der Waals surface area contributed by atoms with Crippen molar-refractivity contribution in [2.75, 3.05) is 23.9 Å². The molecule has 0 bridgehead atoms. The van der Waals surface area contributed by atoms with Crippen molar-refractivity contribution in [3.8, 4) is 6.07 Å². The molecule has 6 heteroatoms. The molecular weight excluding hydrogens is 286 g/mol. The maximum Gasteiger partial charge on any atom is 0.149 e. The van der Waals surface area contributed by atoms with E-state index in [0.717, 1.165) is 22.0 Å². The fourth-order valence-corrected chi connectivity index (χ4v) is 2.77. The largest absolute Gasteiger partial charge is 0.382 e. The van der Waals surface area contributed by atoms with Crippen molar-refractivity contribution >= 4 is 26.4 Å². The Balaban J connectivity index is 2.51. The first-order valence-corrected chi connectivity index (χ1v) is 8.59. The average Bonchev–Trinajstić information content (AvgIpc) is 2.37. The molecule has 21 heavy (non-hydrogen) atoms. The van der Waals surface area contributed by atoms with Crippen LogP contribution >= 0.6 is 0 Å². The van der Waals surface area contributed by atoms with Crippen LogP contribution < -0.4 is 5.32 Å². The smallest absolute Gasteiger partial charge is 0.149 e. The number of nitrogens with one attached hydrogen (secondary N) is 1. The summed E-state index contributed by atoms with van der Waals surface area (Å²) in [6.45, 7) is 4.21. The first-order valence-electron chi connectivity index (χ1n) is 6.53. The molecule has 0 saturated carbocycles. The third-order valence-corrected chi connectivity index (χ3v) is 4.15. The average molecular weight is 303 g/mol. The lowest BCUT2D eigenvalue weighted by molar-refractivity contribution is 0.602. The Labute approximate surface area is 124 Å². The maximum absolute atomic E-state index is 11.2. The monoisotopic (exact) mass is 303 g/mol. The van der Waals surface area contributed by atoms with Gasteiger partial charge in [-0.15, -0.1) is 0 Å². The number of sulfone groups is 1. The predicted molar refractivity (Wildman–Crippen MR) is 84.1 cm³/mol. The summed E-state index contributed by atoms with van der Waals surface area (Å²) in [7, 11) is -3.04. The van der Waals surface area contributed by atoms with Gasteiger partial charge in [0.05, 0.1) is 22.5 Å². The molecule has 0 aliphatic rings. The molecule has 0 aliphatic heterocycles. The van der Waals surface area contributed by atoms with Crippen molar-refractivity contribution < 1.29 is 8.42 Å². The van der Waals surface area contributed by atoms with Gasteiger partial charge in [-0.1, -0.05) is 11.6 Å². The van der Waals surface area contributed by atoms with Crippen LogP contribution in [0.25, 0.3) is 10.9 Å². The lowest BCUT2D eigenvalue weighted by Gasteiger charge is -2.13. The van der Waals surface area contributed by atoms with Crippen LogP contribution in [0.2, 0.25) is 0 Å². The van der Waals surface area contributed by atoms with Gasteiger partial charge < -0.3 is 5.32 Å². The van der Waals surface area contributed by atoms with Crippen LogP contribution in [-0.4, -0.2) is 32.0 Å². The van der Waals surface area contributed by atoms with Crippen LogP contribution in [0.15, 0.2) is 18.3 Å². The highest BCUT2D eigenvalue weighted by Gasteiger charge is 2.11. The number of nitriles is 1. The molecule has 1 N–H and O–H groups in total. The van der Waals surface area contributed by atoms with Crippen LogP contribution in [-0.2, 0) is 9.84 Å². The molecule has 0 unspecified atom stereocenters. The van der Waals surface area contributed by atoms with Crippen molar-refractivity contribution in [2.24, 2.45) is 0 Å². The number of fused-ring (bicyclic) bond motifs is 1. The van der Waals surface area contributed by atoms with E-state index >= 15 is 0 Å². The van der Waals surface area contributed by atoms with Crippen molar-refractivity contribution in [1.82, 2.24) is 4.98 Å². The quantitative estimate of drug-likeness (QED) is 0.936. The fraction of sp³-hybridized carbons (Fsp3) is 0.333. The van der Waals surface area contributed by atoms with Gasteiger partial charge in [-0.3, -0.25) is 4.98 Å². The van der Waals surface area contributed by atoms with Gasteiger partial charge in [-0.05, 0) is 25.5 Å². The number of rotatable bonds is 4. The summed E-state index contributed by atoms with van der Waals surface area (Å²) in [6, 6.07) is 6.09. The Morgan fingerprint density at radius 3 is 2.67 bits per heavy atom. The molecule has 1 heterocycles. The molecule has 0 amide bonds. The highest BCUT2D eigenvalue weighted by atomic mass is 32.2. The molecule has 110 valence electrons. The van der Waals surface area contributed by atoms with Gasteiger partial charge in [0.1, 0.15) is 15.9 Å². The van der Waals surface area contributed by atoms with E-state index in [4.69, 9.17) is 0 Å². The van der Waals surface area contributed by atoms with E-state index in [9.17, 15) is 13.7 Å². The Hall–Kier alpha value is -2.13. The maximum atomic E-state index is 11.2. The molecule has 0 fully saturated rings. The van der Waals surface area contributed by atoms with Crippen LogP contribution in [0.4, 0.5) is 5.69 Å². The highest BCUT2D eigenvalue weighted by Crippen LogP contribution is 2.28. The van der Waals surface area contributed by atoms with Gasteiger partial charge in [0.2, 0.25) is 0 Å². The second-order valence-electron chi connectivity index (χ2n) is 5.19. The zero-order valence-corrected chi connectivity index (χ0v) is 13.1. The summed E-state index contributed by atoms with van der Waals surface area (Å²) in [5, 5.41) is 13.2. The summed E-state index contributed by atoms with van der Waals surface area (Å²) in [6.07, 6.45) is 2.71. The number of aryl methyl sites for hydroxylation is 2. The number of hydrogen-bond acceptors (Lipinski definition) is 5. The predicted octanol–water partition coefficient (Wildman–Crippen LogP) is 2.18. The lowest BCUT2D eigenvalue weighted by atomic mass is 10.0. The second-order valence-corrected chi connectivity index (χ2v) is 7.45. The lowest BCUT2D eigenvalue weighted by Crippen LogP contribution is -2.15. The second kappa shape index (κ2) is 5.70. The number of hydrogen-bond donors (Lipinski definition) is 1. The van der Waals surface area contributed by atoms with Crippen LogP contribution in [0, 0.1) is 25.2 Å². The molecule has 1 aromatic heterocycles. The first kappa shape index (κ1) is 15.3. The van der Waals surface area contributed by atoms with Gasteiger partial charge >= 0.3 is 0 Å². The van der Waals surface area contributed by atoms with Crippen LogP contribution in [0.1, 0.15) is 16.7 Å². The van der Waals surface area contributed by atoms with E-state index in [1.807, 2.05) is 26.0 Å². The minimum Gasteiger partial charge on any atom is -0.382 e. The molecule has 1 aromatic carbocycles. The summed E-state index contributed by atoms with van der Waals surface area (Å²) >= 11 is 0. The number of pyridine rings is 1. The number of nitrogens with zero attached hydrogens (tertiary/aromatic N) is 2. The topological polar surface area (TPSA) is 82.8 Å². The van der Waals surface area contributed by atoms with E-state index in [1.165, 1.54) is 12.5 Å². The Morgan fingerprint density at radius 2 is 2.05 bits per heavy atom. The molecule has 0 spiro atoms. The molecule has 2 aromatic rings. The van der Waals surface area contributed by atoms with E-state index < -0.39 is 9.84 Å². The standard InChI is InChI=1S/C15H17N3O2S/c1-10-6-11(2)14-13(7-10)15(12(8-16)9-18-14)17-4-5-21(3,19)20/h6-7,9H,4-5H2,1-3H3,(H,17,18). The molecule has 0 atom stereocenters. The minimum absolute atomic E-state index is 0.0203. The first-order chi connectivity index (χ1) is 9.81. The van der Waals surface area contributed by atoms with Gasteiger partial charge in [0.15, 0.2) is 0 Å². The summed E-state index contributed by atoms with van der Waals surface area (Å²) < 4.78 is 22.5. The fourth-order valence-electron chi connectivity index (χ4n) is 2.30. The van der Waals surface area contributed by atoms with E-state index in [-0.39, 0.29) is 12.3 Å². The molecular formula is C15H17N3O2S. The molecule has 0 aliphatic carbocycles. The third-order valence-electron chi connectivity index (χ3n) is 3.20. The van der Waals surface area contributed by atoms with Crippen molar-refractivity contribution in [3.05, 3.63) is 35.0 Å². The van der Waals surface area contributed by atoms with Crippen molar-refractivity contribution in [2.45, 2.75) is 13.8 Å². The zero-order chi connectivity index (χ0) is 15.6. The van der Waals surface area contributed by atoms with E-state index in [1.54, 1.807) is 0 Å². The van der Waals surface area contributed by atoms with Crippen molar-refractivity contribution in [3.63, 3.8) is 0 Å². The summed E-state index contributed by atoms with van der Waals surface area (Å²) in [5.41, 5.74) is 3.99. The summed E-state index contributed by atoms with van der Waals surface area (Å²) in [4.78, 5) is 4.33. The van der Waals surface area contributed by atoms with Gasteiger partial charge in [-0.25, -0.2) is 8.42 Å². The SMILES string of the molecule is Cc1cc(C)c2ncc(C#N)c(NCCS(C)(=O)=O)c2c1. The van der Waals surface area contributed by atoms with E-state index in [0.29, 0.717) is 11.3 Å². The van der Waals surface area contributed by atoms with Crippen LogP contribution in [0.3, 0.4) is 0 Å². The number of anilines is 1. The van der Waals surface area contributed by atoms with Crippen molar-refractivity contribution in [1.29, 1.82) is 5.26 Å². The molecule has 5 nitrogen and oxygen atoms in total. The normalized spacial score (nSPS) is 11.3. The Morgan fingerprint density at radius 1 is 1.33 bits per heavy atom. The van der Waals surface area contributed by atoms with Gasteiger partial charge in [0.25, 0.3) is 0 Å². The van der Waals surface area contributed by atoms with E-state index in [2.05, 4.69) is 16.4 Å². The molecule has 2 rings (SSSR count). The van der Waals surface area contributed by atoms with Gasteiger partial charge in [-0.2, -0.15) is 5.26 Å². The van der Waals surface area contributed by atoms with Gasteiger partial charge in [0, 0.05) is 24.4 Å². The Kier molecular flexibility index (Phi) is 4.14. The number of aromatic nitrogens is 1. The molecule has 0 radical (unpaired) electrons. The number of benzene rings is 1. The minimum atomic E-state index is -3.04.